The molecule has 1 N–H and O–H groups in total. The van der Waals surface area contributed by atoms with Gasteiger partial charge in [0.05, 0.1) is 6.54 Å². The molecule has 0 aromatic carbocycles. The van der Waals surface area contributed by atoms with Crippen molar-refractivity contribution in [2.45, 2.75) is 39.5 Å². The van der Waals surface area contributed by atoms with Gasteiger partial charge in [0, 0.05) is 30.5 Å². The lowest BCUT2D eigenvalue weighted by molar-refractivity contribution is -0.119. The summed E-state index contributed by atoms with van der Waals surface area (Å²) in [5.41, 5.74) is -0.0559. The molecule has 0 fully saturated rings. The molecule has 0 spiro atoms. The molecule has 1 aromatic heterocycles. The SMILES string of the molecule is CCCN(CC(=O)NC)c1nc(C(C)(C)C)ns1. The summed E-state index contributed by atoms with van der Waals surface area (Å²) in [6.07, 6.45) is 0.974. The molecule has 0 atom stereocenters. The summed E-state index contributed by atoms with van der Waals surface area (Å²) >= 11 is 1.36. The summed E-state index contributed by atoms with van der Waals surface area (Å²) in [5.74, 6) is 0.830. The van der Waals surface area contributed by atoms with E-state index in [0.29, 0.717) is 6.54 Å². The van der Waals surface area contributed by atoms with Crippen molar-refractivity contribution in [3.05, 3.63) is 5.82 Å². The molecule has 6 heteroatoms. The number of nitrogens with one attached hydrogen (secondary N) is 1. The van der Waals surface area contributed by atoms with Gasteiger partial charge in [-0.3, -0.25) is 4.79 Å². The Hall–Kier alpha value is -1.17. The van der Waals surface area contributed by atoms with Gasteiger partial charge < -0.3 is 10.2 Å². The van der Waals surface area contributed by atoms with Gasteiger partial charge in [-0.1, -0.05) is 27.7 Å². The molecular formula is C12H22N4OS. The van der Waals surface area contributed by atoms with Gasteiger partial charge in [-0.25, -0.2) is 4.98 Å². The van der Waals surface area contributed by atoms with Gasteiger partial charge in [-0.05, 0) is 6.42 Å². The fraction of sp³-hybridized carbons (Fsp3) is 0.750. The maximum Gasteiger partial charge on any atom is 0.239 e. The van der Waals surface area contributed by atoms with Gasteiger partial charge in [-0.15, -0.1) is 0 Å². The fourth-order valence-corrected chi connectivity index (χ4v) is 2.29. The van der Waals surface area contributed by atoms with Crippen LogP contribution in [0.4, 0.5) is 5.13 Å². The van der Waals surface area contributed by atoms with Crippen LogP contribution < -0.4 is 10.2 Å². The van der Waals surface area contributed by atoms with Gasteiger partial charge in [0.25, 0.3) is 0 Å². The molecule has 0 aliphatic rings. The summed E-state index contributed by atoms with van der Waals surface area (Å²) < 4.78 is 4.38. The number of anilines is 1. The van der Waals surface area contributed by atoms with Crippen LogP contribution in [0, 0.1) is 0 Å². The van der Waals surface area contributed by atoms with Crippen molar-refractivity contribution in [3.63, 3.8) is 0 Å². The Kier molecular flexibility index (Phi) is 5.07. The molecule has 0 aliphatic carbocycles. The van der Waals surface area contributed by atoms with Crippen LogP contribution in [0.2, 0.25) is 0 Å². The van der Waals surface area contributed by atoms with Gasteiger partial charge >= 0.3 is 0 Å². The molecule has 0 saturated carbocycles. The van der Waals surface area contributed by atoms with Crippen LogP contribution in [0.5, 0.6) is 0 Å². The van der Waals surface area contributed by atoms with Crippen LogP contribution in [-0.4, -0.2) is 35.4 Å². The second-order valence-corrected chi connectivity index (χ2v) is 5.98. The zero-order chi connectivity index (χ0) is 13.8. The van der Waals surface area contributed by atoms with E-state index < -0.39 is 0 Å². The fourth-order valence-electron chi connectivity index (χ4n) is 1.41. The van der Waals surface area contributed by atoms with Crippen LogP contribution in [0.1, 0.15) is 39.9 Å². The van der Waals surface area contributed by atoms with Crippen molar-refractivity contribution in [1.82, 2.24) is 14.7 Å². The standard InChI is InChI=1S/C12H22N4OS/c1-6-7-16(8-9(17)13-5)11-14-10(15-18-11)12(2,3)4/h6-8H2,1-5H3,(H,13,17). The number of carbonyl (C=O) groups is 1. The average Bonchev–Trinajstić information content (AvgIpc) is 2.77. The number of hydrogen-bond donors (Lipinski definition) is 1. The minimum atomic E-state index is -0.0559. The van der Waals surface area contributed by atoms with Crippen molar-refractivity contribution in [2.75, 3.05) is 25.0 Å². The molecule has 0 bridgehead atoms. The maximum absolute atomic E-state index is 11.5. The van der Waals surface area contributed by atoms with E-state index in [1.54, 1.807) is 7.05 Å². The van der Waals surface area contributed by atoms with Crippen LogP contribution in [-0.2, 0) is 10.2 Å². The van der Waals surface area contributed by atoms with E-state index in [9.17, 15) is 4.79 Å². The minimum Gasteiger partial charge on any atom is -0.358 e. The summed E-state index contributed by atoms with van der Waals surface area (Å²) in [4.78, 5) is 18.0. The second-order valence-electron chi connectivity index (χ2n) is 5.25. The number of rotatable bonds is 5. The van der Waals surface area contributed by atoms with Crippen molar-refractivity contribution >= 4 is 22.6 Å². The van der Waals surface area contributed by atoms with E-state index in [1.165, 1.54) is 11.5 Å². The Morgan fingerprint density at radius 2 is 2.11 bits per heavy atom. The highest BCUT2D eigenvalue weighted by atomic mass is 32.1. The molecule has 5 nitrogen and oxygen atoms in total. The number of amides is 1. The third kappa shape index (κ3) is 3.94. The quantitative estimate of drug-likeness (QED) is 0.886. The lowest BCUT2D eigenvalue weighted by Gasteiger charge is -2.19. The van der Waals surface area contributed by atoms with Crippen molar-refractivity contribution in [2.24, 2.45) is 0 Å². The molecule has 1 rings (SSSR count). The molecule has 1 amide bonds. The lowest BCUT2D eigenvalue weighted by atomic mass is 9.96. The summed E-state index contributed by atoms with van der Waals surface area (Å²) in [6, 6.07) is 0. The van der Waals surface area contributed by atoms with Crippen LogP contribution in [0.25, 0.3) is 0 Å². The molecular weight excluding hydrogens is 248 g/mol. The number of likely N-dealkylation sites (N-methyl/N-ethyl adjacent to an activating group) is 1. The van der Waals surface area contributed by atoms with E-state index >= 15 is 0 Å². The topological polar surface area (TPSA) is 58.1 Å². The molecule has 102 valence electrons. The normalized spacial score (nSPS) is 11.4. The third-order valence-corrected chi connectivity index (χ3v) is 3.24. The first kappa shape index (κ1) is 14.9. The van der Waals surface area contributed by atoms with E-state index in [0.717, 1.165) is 23.9 Å². The highest BCUT2D eigenvalue weighted by Gasteiger charge is 2.22. The summed E-state index contributed by atoms with van der Waals surface area (Å²) in [5, 5.41) is 3.46. The highest BCUT2D eigenvalue weighted by Crippen LogP contribution is 2.25. The molecule has 1 heterocycles. The summed E-state index contributed by atoms with van der Waals surface area (Å²) in [6.45, 7) is 9.49. The smallest absolute Gasteiger partial charge is 0.239 e. The first-order chi connectivity index (χ1) is 8.38. The molecule has 1 aromatic rings. The monoisotopic (exact) mass is 270 g/mol. The Morgan fingerprint density at radius 3 is 2.56 bits per heavy atom. The first-order valence-electron chi connectivity index (χ1n) is 6.18. The van der Waals surface area contributed by atoms with Gasteiger partial charge in [0.15, 0.2) is 0 Å². The lowest BCUT2D eigenvalue weighted by Crippen LogP contribution is -2.36. The van der Waals surface area contributed by atoms with Crippen LogP contribution >= 0.6 is 11.5 Å². The highest BCUT2D eigenvalue weighted by molar-refractivity contribution is 7.09. The molecule has 0 radical (unpaired) electrons. The number of aromatic nitrogens is 2. The van der Waals surface area contributed by atoms with Gasteiger partial charge in [0.2, 0.25) is 11.0 Å². The number of nitrogens with zero attached hydrogens (tertiary/aromatic N) is 3. The number of carbonyl (C=O) groups excluding carboxylic acids is 1. The Bertz CT molecular complexity index is 397. The van der Waals surface area contributed by atoms with Crippen LogP contribution in [0.3, 0.4) is 0 Å². The van der Waals surface area contributed by atoms with Crippen LogP contribution in [0.15, 0.2) is 0 Å². The molecule has 0 aliphatic heterocycles. The molecule has 0 saturated heterocycles. The predicted molar refractivity (Wildman–Crippen MR) is 75.2 cm³/mol. The third-order valence-electron chi connectivity index (χ3n) is 2.46. The minimum absolute atomic E-state index is 0.00374. The first-order valence-corrected chi connectivity index (χ1v) is 6.95. The predicted octanol–water partition coefficient (Wildman–Crippen LogP) is 1.80. The van der Waals surface area contributed by atoms with E-state index in [1.807, 2.05) is 4.90 Å². The molecule has 0 unspecified atom stereocenters. The van der Waals surface area contributed by atoms with Crippen molar-refractivity contribution in [1.29, 1.82) is 0 Å². The Balaban J connectivity index is 2.85. The second kappa shape index (κ2) is 6.13. The van der Waals surface area contributed by atoms with Crippen molar-refractivity contribution in [3.8, 4) is 0 Å². The average molecular weight is 270 g/mol. The van der Waals surface area contributed by atoms with Crippen molar-refractivity contribution < 1.29 is 4.79 Å². The van der Waals surface area contributed by atoms with E-state index in [4.69, 9.17) is 0 Å². The van der Waals surface area contributed by atoms with E-state index in [-0.39, 0.29) is 11.3 Å². The van der Waals surface area contributed by atoms with E-state index in [2.05, 4.69) is 42.4 Å². The largest absolute Gasteiger partial charge is 0.358 e. The molecule has 18 heavy (non-hydrogen) atoms. The summed E-state index contributed by atoms with van der Waals surface area (Å²) in [7, 11) is 1.65. The Morgan fingerprint density at radius 1 is 1.44 bits per heavy atom. The zero-order valence-electron chi connectivity index (χ0n) is 11.8. The number of hydrogen-bond acceptors (Lipinski definition) is 5. The Labute approximate surface area is 113 Å². The van der Waals surface area contributed by atoms with Gasteiger partial charge in [-0.2, -0.15) is 4.37 Å². The van der Waals surface area contributed by atoms with Gasteiger partial charge in [0.1, 0.15) is 5.82 Å². The zero-order valence-corrected chi connectivity index (χ0v) is 12.6. The maximum atomic E-state index is 11.5.